The van der Waals surface area contributed by atoms with Crippen LogP contribution >= 0.6 is 34.8 Å². The molecule has 0 aliphatic heterocycles. The van der Waals surface area contributed by atoms with Crippen molar-refractivity contribution in [1.82, 2.24) is 20.4 Å². The van der Waals surface area contributed by atoms with E-state index in [9.17, 15) is 29.1 Å². The molecule has 1 rings (SSSR count). The number of aliphatic hydroxyl groups excluding tert-OH is 1. The van der Waals surface area contributed by atoms with Gasteiger partial charge < -0.3 is 30.3 Å². The number of alkyl halides is 3. The third kappa shape index (κ3) is 14.5. The Kier molecular flexibility index (Phi) is 16.5. The topological polar surface area (TPSA) is 145 Å². The Morgan fingerprint density at radius 2 is 1.45 bits per heavy atom. The molecule has 0 radical (unpaired) electrons. The van der Waals surface area contributed by atoms with E-state index in [0.29, 0.717) is 0 Å². The molecule has 0 saturated carbocycles. The maximum absolute atomic E-state index is 13.6. The highest BCUT2D eigenvalue weighted by Crippen LogP contribution is 2.26. The van der Waals surface area contributed by atoms with Crippen molar-refractivity contribution >= 4 is 64.4 Å². The van der Waals surface area contributed by atoms with Crippen LogP contribution in [-0.4, -0.2) is 99.8 Å². The van der Waals surface area contributed by atoms with Crippen LogP contribution in [0.5, 0.6) is 0 Å². The quantitative estimate of drug-likeness (QED) is 0.180. The Labute approximate surface area is 274 Å². The third-order valence-electron chi connectivity index (χ3n) is 6.56. The zero-order valence-corrected chi connectivity index (χ0v) is 28.6. The summed E-state index contributed by atoms with van der Waals surface area (Å²) in [4.78, 5) is 67.3. The molecule has 0 heterocycles. The van der Waals surface area contributed by atoms with E-state index >= 15 is 0 Å². The average molecular weight is 680 g/mol. The monoisotopic (exact) mass is 678 g/mol. The van der Waals surface area contributed by atoms with Crippen molar-refractivity contribution in [3.63, 3.8) is 0 Å². The number of rotatable bonds is 16. The zero-order valence-electron chi connectivity index (χ0n) is 26.3. The first-order chi connectivity index (χ1) is 20.3. The van der Waals surface area contributed by atoms with Crippen molar-refractivity contribution in [2.24, 2.45) is 11.8 Å². The van der Waals surface area contributed by atoms with Gasteiger partial charge in [0.15, 0.2) is 0 Å². The maximum Gasteiger partial charge on any atom is 0.328 e. The van der Waals surface area contributed by atoms with E-state index in [1.165, 1.54) is 30.8 Å². The lowest BCUT2D eigenvalue weighted by Crippen LogP contribution is -2.55. The number of benzene rings is 1. The van der Waals surface area contributed by atoms with Gasteiger partial charge in [-0.1, -0.05) is 92.8 Å². The first kappa shape index (κ1) is 39.4. The first-order valence-electron chi connectivity index (χ1n) is 14.4. The van der Waals surface area contributed by atoms with E-state index in [0.717, 1.165) is 5.56 Å². The number of halogens is 3. The second-order valence-corrected chi connectivity index (χ2v) is 14.2. The average Bonchev–Trinajstić information content (AvgIpc) is 2.92. The molecule has 1 aromatic carbocycles. The normalized spacial score (nSPS) is 14.3. The van der Waals surface area contributed by atoms with Gasteiger partial charge in [0, 0.05) is 20.5 Å². The van der Waals surface area contributed by atoms with Gasteiger partial charge in [-0.3, -0.25) is 19.2 Å². The van der Waals surface area contributed by atoms with Crippen molar-refractivity contribution in [3.8, 4) is 0 Å². The highest BCUT2D eigenvalue weighted by Gasteiger charge is 2.34. The second kappa shape index (κ2) is 18.4. The SMILES string of the molecule is CC(C)C[C@@H](O)C(=O)N(C)[C@@H](Cc1ccccc1)C(=O)N(C)CC(=O)N[C@@H](CC(C)C)C(=O)N[C@@H](C)C(=O)OCC(Cl)(Cl)Cl. The number of ether oxygens (including phenoxy) is 1. The molecule has 0 aromatic heterocycles. The summed E-state index contributed by atoms with van der Waals surface area (Å²) in [7, 11) is 2.87. The third-order valence-corrected chi connectivity index (χ3v) is 6.89. The Morgan fingerprint density at radius 3 is 1.98 bits per heavy atom. The summed E-state index contributed by atoms with van der Waals surface area (Å²) in [5.41, 5.74) is 0.789. The van der Waals surface area contributed by atoms with E-state index in [-0.39, 0.29) is 31.1 Å². The Hall–Kier alpha value is -2.60. The molecule has 0 fully saturated rings. The molecule has 4 atom stereocenters. The van der Waals surface area contributed by atoms with E-state index < -0.39 is 70.8 Å². The van der Waals surface area contributed by atoms with Gasteiger partial charge in [0.2, 0.25) is 21.5 Å². The van der Waals surface area contributed by atoms with Crippen LogP contribution < -0.4 is 10.6 Å². The molecule has 11 nitrogen and oxygen atoms in total. The molecule has 1 aromatic rings. The summed E-state index contributed by atoms with van der Waals surface area (Å²) in [5, 5.41) is 15.6. The molecule has 248 valence electrons. The Balaban J connectivity index is 3.02. The lowest BCUT2D eigenvalue weighted by molar-refractivity contribution is -0.150. The summed E-state index contributed by atoms with van der Waals surface area (Å²) in [6.07, 6.45) is -0.646. The van der Waals surface area contributed by atoms with Gasteiger partial charge in [0.1, 0.15) is 30.8 Å². The van der Waals surface area contributed by atoms with E-state index in [4.69, 9.17) is 39.5 Å². The number of carbonyl (C=O) groups excluding carboxylic acids is 5. The highest BCUT2D eigenvalue weighted by atomic mass is 35.6. The predicted octanol–water partition coefficient (Wildman–Crippen LogP) is 2.87. The largest absolute Gasteiger partial charge is 0.460 e. The van der Waals surface area contributed by atoms with Crippen molar-refractivity contribution < 1.29 is 33.8 Å². The summed E-state index contributed by atoms with van der Waals surface area (Å²) >= 11 is 16.8. The fourth-order valence-corrected chi connectivity index (χ4v) is 4.47. The van der Waals surface area contributed by atoms with Crippen LogP contribution in [0.3, 0.4) is 0 Å². The Bertz CT molecular complexity index is 1120. The van der Waals surface area contributed by atoms with Crippen molar-refractivity contribution in [2.45, 2.75) is 81.9 Å². The summed E-state index contributed by atoms with van der Waals surface area (Å²) in [5.74, 6) is -3.16. The summed E-state index contributed by atoms with van der Waals surface area (Å²) in [6.45, 7) is 7.94. The molecule has 0 saturated heterocycles. The number of nitrogens with zero attached hydrogens (tertiary/aromatic N) is 2. The molecule has 0 bridgehead atoms. The standard InChI is InChI=1S/C30H45Cl3N4O7/c1-18(2)13-22(26(40)34-20(5)29(43)44-17-30(31,32)33)35-25(39)16-36(6)27(41)23(15-21-11-9-8-10-12-21)37(7)28(42)24(38)14-19(3)4/h8-12,18-20,22-24,38H,13-17H2,1-7H3,(H,34,40)(H,35,39)/t20-,22-,23-,24+/m0/s1. The molecule has 3 N–H and O–H groups in total. The number of amides is 4. The predicted molar refractivity (Wildman–Crippen MR) is 170 cm³/mol. The number of nitrogens with one attached hydrogen (secondary N) is 2. The lowest BCUT2D eigenvalue weighted by Gasteiger charge is -2.32. The van der Waals surface area contributed by atoms with Gasteiger partial charge in [0.25, 0.3) is 5.91 Å². The lowest BCUT2D eigenvalue weighted by atomic mass is 10.0. The molecule has 0 aliphatic carbocycles. The minimum absolute atomic E-state index is 0.00999. The fourth-order valence-electron chi connectivity index (χ4n) is 4.30. The summed E-state index contributed by atoms with van der Waals surface area (Å²) in [6, 6.07) is 5.97. The van der Waals surface area contributed by atoms with Crippen LogP contribution in [0.25, 0.3) is 0 Å². The van der Waals surface area contributed by atoms with Crippen LogP contribution in [0, 0.1) is 11.8 Å². The molecule has 0 unspecified atom stereocenters. The number of carbonyl (C=O) groups is 5. The van der Waals surface area contributed by atoms with Gasteiger partial charge in [0.05, 0.1) is 6.54 Å². The molecule has 0 aliphatic rings. The van der Waals surface area contributed by atoms with Crippen molar-refractivity contribution in [2.75, 3.05) is 27.2 Å². The number of hydrogen-bond acceptors (Lipinski definition) is 7. The van der Waals surface area contributed by atoms with Gasteiger partial charge in [-0.2, -0.15) is 0 Å². The van der Waals surface area contributed by atoms with Crippen LogP contribution in [0.2, 0.25) is 0 Å². The number of esters is 1. The Morgan fingerprint density at radius 1 is 0.886 bits per heavy atom. The van der Waals surface area contributed by atoms with Gasteiger partial charge >= 0.3 is 5.97 Å². The molecule has 44 heavy (non-hydrogen) atoms. The zero-order chi connectivity index (χ0) is 33.8. The van der Waals surface area contributed by atoms with Crippen LogP contribution in [0.15, 0.2) is 30.3 Å². The van der Waals surface area contributed by atoms with Crippen molar-refractivity contribution in [1.29, 1.82) is 0 Å². The van der Waals surface area contributed by atoms with Gasteiger partial charge in [-0.05, 0) is 37.2 Å². The van der Waals surface area contributed by atoms with E-state index in [2.05, 4.69) is 10.6 Å². The van der Waals surface area contributed by atoms with Crippen LogP contribution in [-0.2, 0) is 35.1 Å². The van der Waals surface area contributed by atoms with Crippen LogP contribution in [0.1, 0.15) is 53.0 Å². The van der Waals surface area contributed by atoms with E-state index in [1.54, 1.807) is 0 Å². The molecule has 4 amide bonds. The van der Waals surface area contributed by atoms with Crippen molar-refractivity contribution in [3.05, 3.63) is 35.9 Å². The molecule has 14 heteroatoms. The minimum atomic E-state index is -1.81. The number of likely N-dealkylation sites (N-methyl/N-ethyl adjacent to an activating group) is 2. The highest BCUT2D eigenvalue weighted by molar-refractivity contribution is 6.67. The summed E-state index contributed by atoms with van der Waals surface area (Å²) < 4.78 is 3.09. The maximum atomic E-state index is 13.6. The van der Waals surface area contributed by atoms with Gasteiger partial charge in [-0.25, -0.2) is 4.79 Å². The number of hydrogen-bond donors (Lipinski definition) is 3. The fraction of sp³-hybridized carbons (Fsp3) is 0.633. The molecular formula is C30H45Cl3N4O7. The van der Waals surface area contributed by atoms with Crippen LogP contribution in [0.4, 0.5) is 0 Å². The molecular weight excluding hydrogens is 635 g/mol. The second-order valence-electron chi connectivity index (χ2n) is 11.7. The molecule has 0 spiro atoms. The van der Waals surface area contributed by atoms with E-state index in [1.807, 2.05) is 58.0 Å². The van der Waals surface area contributed by atoms with Gasteiger partial charge in [-0.15, -0.1) is 0 Å². The smallest absolute Gasteiger partial charge is 0.328 e. The first-order valence-corrected chi connectivity index (χ1v) is 15.5. The number of aliphatic hydroxyl groups is 1. The minimum Gasteiger partial charge on any atom is -0.460 e.